The molecule has 0 spiro atoms. The van der Waals surface area contributed by atoms with Gasteiger partial charge in [-0.15, -0.1) is 0 Å². The molecule has 2 N–H and O–H groups in total. The lowest BCUT2D eigenvalue weighted by atomic mass is 10.2. The maximum absolute atomic E-state index is 11.5. The molecule has 0 aliphatic carbocycles. The lowest BCUT2D eigenvalue weighted by Gasteiger charge is -2.29. The Morgan fingerprint density at radius 3 is 2.73 bits per heavy atom. The average molecular weight is 225 g/mol. The Balaban J connectivity index is 2.62. The van der Waals surface area contributed by atoms with E-state index < -0.39 is 16.3 Å². The molecule has 0 saturated carbocycles. The quantitative estimate of drug-likeness (QED) is 0.738. The van der Waals surface area contributed by atoms with Crippen LogP contribution in [0.1, 0.15) is 5.56 Å². The zero-order valence-electron chi connectivity index (χ0n) is 8.16. The first-order valence-electron chi connectivity index (χ1n) is 4.37. The molecule has 5 nitrogen and oxygen atoms in total. The highest BCUT2D eigenvalue weighted by Crippen LogP contribution is 2.25. The van der Waals surface area contributed by atoms with E-state index in [1.807, 2.05) is 6.07 Å². The fourth-order valence-electron chi connectivity index (χ4n) is 1.53. The van der Waals surface area contributed by atoms with Crippen LogP contribution in [0.5, 0.6) is 0 Å². The van der Waals surface area contributed by atoms with E-state index in [9.17, 15) is 8.42 Å². The summed E-state index contributed by atoms with van der Waals surface area (Å²) in [7, 11) is -3.39. The van der Waals surface area contributed by atoms with Gasteiger partial charge in [0.1, 0.15) is 0 Å². The highest BCUT2D eigenvalue weighted by molar-refractivity contribution is 7.92. The van der Waals surface area contributed by atoms with Crippen LogP contribution in [0.15, 0.2) is 29.3 Å². The Morgan fingerprint density at radius 2 is 2.07 bits per heavy atom. The fourth-order valence-corrected chi connectivity index (χ4v) is 2.50. The minimum absolute atomic E-state index is 0.572. The molecule has 1 atom stereocenters. The number of aliphatic imine (C=N–C) groups is 1. The van der Waals surface area contributed by atoms with Crippen molar-refractivity contribution in [3.63, 3.8) is 0 Å². The number of rotatable bonds is 1. The molecule has 0 fully saturated rings. The second-order valence-corrected chi connectivity index (χ2v) is 5.17. The Bertz CT molecular complexity index is 510. The van der Waals surface area contributed by atoms with Gasteiger partial charge in [-0.25, -0.2) is 12.7 Å². The third kappa shape index (κ3) is 1.73. The van der Waals surface area contributed by atoms with E-state index in [1.54, 1.807) is 24.4 Å². The van der Waals surface area contributed by atoms with Gasteiger partial charge < -0.3 is 0 Å². The zero-order chi connectivity index (χ0) is 11.1. The first kappa shape index (κ1) is 10.1. The zero-order valence-corrected chi connectivity index (χ0v) is 8.98. The monoisotopic (exact) mass is 225 g/mol. The smallest absolute Gasteiger partial charge is 0.235 e. The Hall–Kier alpha value is -1.40. The van der Waals surface area contributed by atoms with Crippen molar-refractivity contribution in [1.82, 2.24) is 0 Å². The molecule has 1 unspecified atom stereocenters. The SMILES string of the molecule is CS(=O)(=O)N1c2ccccc2C=NC1N. The van der Waals surface area contributed by atoms with Crippen LogP contribution in [0.4, 0.5) is 5.69 Å². The Morgan fingerprint density at radius 1 is 1.40 bits per heavy atom. The van der Waals surface area contributed by atoms with Gasteiger partial charge in [0.15, 0.2) is 6.29 Å². The van der Waals surface area contributed by atoms with Crippen molar-refractivity contribution in [3.8, 4) is 0 Å². The second kappa shape index (κ2) is 3.32. The third-order valence-electron chi connectivity index (χ3n) is 2.14. The highest BCUT2D eigenvalue weighted by atomic mass is 32.2. The number of anilines is 1. The molecule has 0 bridgehead atoms. The largest absolute Gasteiger partial charge is 0.292 e. The van der Waals surface area contributed by atoms with Gasteiger partial charge in [0.25, 0.3) is 0 Å². The molecule has 15 heavy (non-hydrogen) atoms. The first-order chi connectivity index (χ1) is 7.00. The van der Waals surface area contributed by atoms with Gasteiger partial charge in [-0.3, -0.25) is 10.7 Å². The number of para-hydroxylation sites is 1. The molecule has 1 aromatic rings. The maximum Gasteiger partial charge on any atom is 0.235 e. The van der Waals surface area contributed by atoms with Crippen LogP contribution in [0, 0.1) is 0 Å². The Kier molecular flexibility index (Phi) is 2.24. The summed E-state index contributed by atoms with van der Waals surface area (Å²) < 4.78 is 24.2. The third-order valence-corrected chi connectivity index (χ3v) is 3.27. The molecule has 1 aliphatic rings. The lowest BCUT2D eigenvalue weighted by molar-refractivity contribution is 0.584. The van der Waals surface area contributed by atoms with E-state index in [1.165, 1.54) is 0 Å². The fraction of sp³-hybridized carbons (Fsp3) is 0.222. The lowest BCUT2D eigenvalue weighted by Crippen LogP contribution is -2.46. The molecule has 6 heteroatoms. The average Bonchev–Trinajstić information content (AvgIpc) is 2.15. The van der Waals surface area contributed by atoms with Crippen molar-refractivity contribution < 1.29 is 8.42 Å². The van der Waals surface area contributed by atoms with Crippen molar-refractivity contribution in [2.24, 2.45) is 10.7 Å². The van der Waals surface area contributed by atoms with E-state index in [4.69, 9.17) is 5.73 Å². The first-order valence-corrected chi connectivity index (χ1v) is 6.22. The molecule has 0 amide bonds. The van der Waals surface area contributed by atoms with E-state index in [-0.39, 0.29) is 0 Å². The minimum Gasteiger partial charge on any atom is -0.292 e. The standard InChI is InChI=1S/C9H11N3O2S/c1-15(13,14)12-8-5-3-2-4-7(8)6-11-9(12)10/h2-6,9H,10H2,1H3. The number of nitrogens with two attached hydrogens (primary N) is 1. The van der Waals surface area contributed by atoms with Crippen molar-refractivity contribution in [1.29, 1.82) is 0 Å². The van der Waals surface area contributed by atoms with E-state index >= 15 is 0 Å². The summed E-state index contributed by atoms with van der Waals surface area (Å²) in [5, 5.41) is 0. The predicted molar refractivity (Wildman–Crippen MR) is 59.3 cm³/mol. The number of fused-ring (bicyclic) bond motifs is 1. The molecule has 2 rings (SSSR count). The molecule has 80 valence electrons. The van der Waals surface area contributed by atoms with Gasteiger partial charge in [-0.05, 0) is 6.07 Å². The van der Waals surface area contributed by atoms with Gasteiger partial charge in [0.05, 0.1) is 11.9 Å². The van der Waals surface area contributed by atoms with Crippen LogP contribution in [-0.2, 0) is 10.0 Å². The summed E-state index contributed by atoms with van der Waals surface area (Å²) in [5.74, 6) is 0. The van der Waals surface area contributed by atoms with Crippen LogP contribution in [0.25, 0.3) is 0 Å². The minimum atomic E-state index is -3.39. The summed E-state index contributed by atoms with van der Waals surface area (Å²) in [6, 6.07) is 7.09. The van der Waals surface area contributed by atoms with Crippen LogP contribution in [-0.4, -0.2) is 27.2 Å². The normalized spacial score (nSPS) is 20.1. The van der Waals surface area contributed by atoms with Crippen molar-refractivity contribution in [3.05, 3.63) is 29.8 Å². The highest BCUT2D eigenvalue weighted by Gasteiger charge is 2.27. The number of hydrogen-bond acceptors (Lipinski definition) is 4. The molecule has 1 aromatic carbocycles. The van der Waals surface area contributed by atoms with Crippen LogP contribution < -0.4 is 10.0 Å². The molecule has 0 saturated heterocycles. The van der Waals surface area contributed by atoms with Crippen LogP contribution in [0.2, 0.25) is 0 Å². The maximum atomic E-state index is 11.5. The topological polar surface area (TPSA) is 75.8 Å². The van der Waals surface area contributed by atoms with Gasteiger partial charge in [-0.1, -0.05) is 18.2 Å². The van der Waals surface area contributed by atoms with Gasteiger partial charge in [-0.2, -0.15) is 0 Å². The summed E-state index contributed by atoms with van der Waals surface area (Å²) in [4.78, 5) is 3.92. The van der Waals surface area contributed by atoms with Crippen LogP contribution >= 0.6 is 0 Å². The van der Waals surface area contributed by atoms with E-state index in [0.29, 0.717) is 5.69 Å². The summed E-state index contributed by atoms with van der Waals surface area (Å²) in [6.45, 7) is 0. The van der Waals surface area contributed by atoms with Gasteiger partial charge in [0, 0.05) is 11.8 Å². The van der Waals surface area contributed by atoms with E-state index in [0.717, 1.165) is 16.1 Å². The molecular formula is C9H11N3O2S. The molecule has 0 aromatic heterocycles. The van der Waals surface area contributed by atoms with Gasteiger partial charge >= 0.3 is 0 Å². The van der Waals surface area contributed by atoms with Gasteiger partial charge in [0.2, 0.25) is 10.0 Å². The second-order valence-electron chi connectivity index (χ2n) is 3.31. The van der Waals surface area contributed by atoms with Crippen molar-refractivity contribution >= 4 is 21.9 Å². The molecule has 1 heterocycles. The number of nitrogens with zero attached hydrogens (tertiary/aromatic N) is 2. The summed E-state index contributed by atoms with van der Waals surface area (Å²) >= 11 is 0. The summed E-state index contributed by atoms with van der Waals surface area (Å²) in [5.41, 5.74) is 6.95. The van der Waals surface area contributed by atoms with E-state index in [2.05, 4.69) is 4.99 Å². The number of benzene rings is 1. The predicted octanol–water partition coefficient (Wildman–Crippen LogP) is 0.127. The number of sulfonamides is 1. The van der Waals surface area contributed by atoms with Crippen LogP contribution in [0.3, 0.4) is 0 Å². The summed E-state index contributed by atoms with van der Waals surface area (Å²) in [6.07, 6.45) is 1.83. The number of hydrogen-bond donors (Lipinski definition) is 1. The molecule has 0 radical (unpaired) electrons. The molecule has 1 aliphatic heterocycles. The molecular weight excluding hydrogens is 214 g/mol. The Labute approximate surface area is 88.3 Å². The van der Waals surface area contributed by atoms with Crippen molar-refractivity contribution in [2.75, 3.05) is 10.6 Å². The van der Waals surface area contributed by atoms with Crippen molar-refractivity contribution in [2.45, 2.75) is 6.29 Å².